The zero-order valence-corrected chi connectivity index (χ0v) is 23.4. The van der Waals surface area contributed by atoms with E-state index in [-0.39, 0.29) is 11.6 Å². The van der Waals surface area contributed by atoms with E-state index in [1.807, 2.05) is 0 Å². The van der Waals surface area contributed by atoms with Crippen molar-refractivity contribution in [2.45, 2.75) is 57.1 Å². The van der Waals surface area contributed by atoms with Gasteiger partial charge in [-0.15, -0.1) is 0 Å². The van der Waals surface area contributed by atoms with Crippen molar-refractivity contribution < 1.29 is 28.2 Å². The average molecular weight is 546 g/mol. The Labute approximate surface area is 223 Å². The summed E-state index contributed by atoms with van der Waals surface area (Å²) < 4.78 is 41.6. The van der Waals surface area contributed by atoms with E-state index in [1.54, 1.807) is 23.0 Å². The summed E-state index contributed by atoms with van der Waals surface area (Å²) in [5.74, 6) is -0.640. The number of aromatic nitrogens is 2. The molecule has 10 heteroatoms. The number of fused-ring (bicyclic) bond motifs is 1. The van der Waals surface area contributed by atoms with Crippen molar-refractivity contribution in [1.82, 2.24) is 14.7 Å². The predicted octanol–water partition coefficient (Wildman–Crippen LogP) is 5.90. The molecule has 1 amide bonds. The van der Waals surface area contributed by atoms with Gasteiger partial charge in [-0.3, -0.25) is 0 Å². The highest BCUT2D eigenvalue weighted by molar-refractivity contribution is 6.76. The molecule has 1 aliphatic heterocycles. The van der Waals surface area contributed by atoms with Gasteiger partial charge in [-0.05, 0) is 60.7 Å². The Hall–Kier alpha value is -2.82. The highest BCUT2D eigenvalue weighted by Crippen LogP contribution is 2.36. The van der Waals surface area contributed by atoms with Gasteiger partial charge >= 0.3 is 6.09 Å². The second kappa shape index (κ2) is 11.9. The topological polar surface area (TPSA) is 76.8 Å². The number of carboxylic acid groups (broad SMARTS) is 1. The summed E-state index contributed by atoms with van der Waals surface area (Å²) in [6.45, 7) is 9.40. The molecule has 1 aromatic heterocycles. The summed E-state index contributed by atoms with van der Waals surface area (Å²) in [6, 6.07) is 10.4. The summed E-state index contributed by atoms with van der Waals surface area (Å²) >= 11 is 0. The largest absolute Gasteiger partial charge is 0.465 e. The van der Waals surface area contributed by atoms with Crippen molar-refractivity contribution in [3.8, 4) is 0 Å². The fraction of sp³-hybridized carbons (Fsp3) is 0.500. The van der Waals surface area contributed by atoms with Crippen molar-refractivity contribution in [3.63, 3.8) is 0 Å². The number of halogens is 2. The molecule has 0 spiro atoms. The number of hydrogen-bond donors (Lipinski definition) is 1. The zero-order chi connectivity index (χ0) is 27.3. The van der Waals surface area contributed by atoms with Crippen molar-refractivity contribution >= 4 is 25.1 Å². The highest BCUT2D eigenvalue weighted by Gasteiger charge is 2.38. The van der Waals surface area contributed by atoms with E-state index in [1.165, 1.54) is 29.2 Å². The molecule has 0 radical (unpaired) electrons. The van der Waals surface area contributed by atoms with Gasteiger partial charge in [-0.2, -0.15) is 5.10 Å². The number of amides is 1. The third-order valence-corrected chi connectivity index (χ3v) is 8.97. The molecule has 0 saturated carbocycles. The number of carbonyl (C=O) groups is 1. The molecule has 38 heavy (non-hydrogen) atoms. The first-order valence-electron chi connectivity index (χ1n) is 13.1. The second-order valence-corrected chi connectivity index (χ2v) is 17.0. The molecular weight excluding hydrogens is 508 g/mol. The maximum Gasteiger partial charge on any atom is 0.407 e. The quantitative estimate of drug-likeness (QED) is 0.240. The van der Waals surface area contributed by atoms with E-state index >= 15 is 0 Å². The lowest BCUT2D eigenvalue weighted by atomic mass is 9.73. The molecule has 0 atom stereocenters. The van der Waals surface area contributed by atoms with Gasteiger partial charge < -0.3 is 19.5 Å². The van der Waals surface area contributed by atoms with Crippen LogP contribution >= 0.6 is 0 Å². The lowest BCUT2D eigenvalue weighted by Gasteiger charge is -2.41. The Kier molecular flexibility index (Phi) is 8.84. The monoisotopic (exact) mass is 545 g/mol. The molecule has 0 unspecified atom stereocenters. The van der Waals surface area contributed by atoms with Crippen molar-refractivity contribution in [1.29, 1.82) is 0 Å². The van der Waals surface area contributed by atoms with E-state index in [2.05, 4.69) is 24.7 Å². The summed E-state index contributed by atoms with van der Waals surface area (Å²) in [6.07, 6.45) is 2.50. The van der Waals surface area contributed by atoms with Crippen LogP contribution in [0.2, 0.25) is 25.7 Å². The van der Waals surface area contributed by atoms with Gasteiger partial charge in [0, 0.05) is 44.8 Å². The minimum absolute atomic E-state index is 0.316. The van der Waals surface area contributed by atoms with E-state index in [4.69, 9.17) is 9.47 Å². The third kappa shape index (κ3) is 7.18. The average Bonchev–Trinajstić information content (AvgIpc) is 3.27. The molecular formula is C28H37F2N3O4Si. The first kappa shape index (κ1) is 28.2. The molecule has 0 aliphatic carbocycles. The Morgan fingerprint density at radius 1 is 1.05 bits per heavy atom. The standard InChI is InChI=1S/C28H37F2N3O4Si/c1-38(2,3)15-14-37-20-33-18-22-17-25(30)16-21(26(22)31-33)8-13-36-19-28(23-4-6-24(29)7-5-23)9-11-32(12-10-28)27(34)35/h4-7,16-18H,8-15,19-20H2,1-3H3,(H,34,35). The molecule has 1 N–H and O–H groups in total. The van der Waals surface area contributed by atoms with Gasteiger partial charge in [0.15, 0.2) is 0 Å². The Balaban J connectivity index is 1.40. The van der Waals surface area contributed by atoms with Crippen LogP contribution in [0.1, 0.15) is 24.0 Å². The van der Waals surface area contributed by atoms with Gasteiger partial charge in [0.1, 0.15) is 18.4 Å². The maximum atomic E-state index is 14.4. The van der Waals surface area contributed by atoms with Crippen LogP contribution in [0.5, 0.6) is 0 Å². The molecule has 7 nitrogen and oxygen atoms in total. The Morgan fingerprint density at radius 3 is 2.42 bits per heavy atom. The minimum atomic E-state index is -1.18. The van der Waals surface area contributed by atoms with Gasteiger partial charge in [0.05, 0.1) is 18.7 Å². The van der Waals surface area contributed by atoms with Crippen LogP contribution in [0.3, 0.4) is 0 Å². The summed E-state index contributed by atoms with van der Waals surface area (Å²) in [5, 5.41) is 14.7. The Morgan fingerprint density at radius 2 is 1.76 bits per heavy atom. The van der Waals surface area contributed by atoms with Crippen LogP contribution in [0, 0.1) is 11.6 Å². The first-order chi connectivity index (χ1) is 18.0. The minimum Gasteiger partial charge on any atom is -0.465 e. The van der Waals surface area contributed by atoms with Gasteiger partial charge in [0.2, 0.25) is 0 Å². The lowest BCUT2D eigenvalue weighted by Crippen LogP contribution is -2.47. The predicted molar refractivity (Wildman–Crippen MR) is 145 cm³/mol. The molecule has 1 saturated heterocycles. The molecule has 206 valence electrons. The zero-order valence-electron chi connectivity index (χ0n) is 22.4. The Bertz CT molecular complexity index is 1240. The van der Waals surface area contributed by atoms with E-state index < -0.39 is 19.6 Å². The van der Waals surface area contributed by atoms with Crippen LogP contribution in [-0.4, -0.2) is 66.9 Å². The van der Waals surface area contributed by atoms with Crippen LogP contribution in [-0.2, 0) is 28.0 Å². The molecule has 1 aliphatic rings. The number of rotatable bonds is 11. The number of ether oxygens (including phenoxy) is 2. The molecule has 4 rings (SSSR count). The van der Waals surface area contributed by atoms with E-state index in [0.717, 1.165) is 28.1 Å². The number of likely N-dealkylation sites (tertiary alicyclic amines) is 1. The molecule has 2 heterocycles. The summed E-state index contributed by atoms with van der Waals surface area (Å²) in [5.41, 5.74) is 2.01. The fourth-order valence-corrected chi connectivity index (χ4v) is 5.66. The number of benzene rings is 2. The van der Waals surface area contributed by atoms with E-state index in [0.29, 0.717) is 58.9 Å². The molecule has 1 fully saturated rings. The number of nitrogens with zero attached hydrogens (tertiary/aromatic N) is 3. The van der Waals surface area contributed by atoms with Crippen LogP contribution < -0.4 is 0 Å². The normalized spacial score (nSPS) is 15.8. The van der Waals surface area contributed by atoms with Crippen molar-refractivity contribution in [3.05, 3.63) is 65.4 Å². The van der Waals surface area contributed by atoms with Crippen LogP contribution in [0.25, 0.3) is 10.9 Å². The lowest BCUT2D eigenvalue weighted by molar-refractivity contribution is 0.0460. The van der Waals surface area contributed by atoms with Crippen molar-refractivity contribution in [2.75, 3.05) is 32.9 Å². The first-order valence-corrected chi connectivity index (χ1v) is 16.8. The third-order valence-electron chi connectivity index (χ3n) is 7.26. The van der Waals surface area contributed by atoms with Gasteiger partial charge in [-0.25, -0.2) is 18.3 Å². The fourth-order valence-electron chi connectivity index (χ4n) is 4.91. The molecule has 2 aromatic carbocycles. The number of piperidine rings is 1. The van der Waals surface area contributed by atoms with Crippen LogP contribution in [0.4, 0.5) is 13.6 Å². The number of hydrogen-bond acceptors (Lipinski definition) is 4. The highest BCUT2D eigenvalue weighted by atomic mass is 28.3. The van der Waals surface area contributed by atoms with Gasteiger partial charge in [0.25, 0.3) is 0 Å². The molecule has 3 aromatic rings. The summed E-state index contributed by atoms with van der Waals surface area (Å²) in [4.78, 5) is 12.8. The maximum absolute atomic E-state index is 14.4. The SMILES string of the molecule is C[Si](C)(C)CCOCn1cc2cc(F)cc(CCOCC3(c4ccc(F)cc4)CCN(C(=O)O)CC3)c2n1. The van der Waals surface area contributed by atoms with Gasteiger partial charge in [-0.1, -0.05) is 31.8 Å². The van der Waals surface area contributed by atoms with Crippen molar-refractivity contribution in [2.24, 2.45) is 0 Å². The smallest absolute Gasteiger partial charge is 0.407 e. The second-order valence-electron chi connectivity index (χ2n) is 11.4. The van der Waals surface area contributed by atoms with Crippen LogP contribution in [0.15, 0.2) is 42.6 Å². The van der Waals surface area contributed by atoms with E-state index in [9.17, 15) is 18.7 Å². The summed E-state index contributed by atoms with van der Waals surface area (Å²) in [7, 11) is -1.18. The molecule has 0 bridgehead atoms.